The first-order valence-electron chi connectivity index (χ1n) is 35.0. The van der Waals surface area contributed by atoms with E-state index in [2.05, 4.69) is 42.8 Å². The van der Waals surface area contributed by atoms with Crippen molar-refractivity contribution in [2.45, 2.75) is 168 Å². The molecule has 104 heavy (non-hydrogen) atoms. The van der Waals surface area contributed by atoms with Crippen LogP contribution in [0.4, 0.5) is 14.9 Å². The number of nitrogens with zero attached hydrogens (tertiary/aromatic N) is 5. The lowest BCUT2D eigenvalue weighted by atomic mass is 9.76. The van der Waals surface area contributed by atoms with Crippen LogP contribution in [-0.4, -0.2) is 211 Å². The lowest BCUT2D eigenvalue weighted by Crippen LogP contribution is -2.53. The Balaban J connectivity index is 0.793. The number of rotatable bonds is 41. The van der Waals surface area contributed by atoms with Gasteiger partial charge < -0.3 is 98.6 Å². The average molecular weight is 1460 g/mol. The molecule has 5 aromatic rings. The molecule has 3 aromatic heterocycles. The summed E-state index contributed by atoms with van der Waals surface area (Å²) in [6.45, 7) is 14.3. The monoisotopic (exact) mass is 1450 g/mol. The third-order valence-electron chi connectivity index (χ3n) is 18.6. The molecule has 8 atom stereocenters. The minimum absolute atomic E-state index is 0.0139. The van der Waals surface area contributed by atoms with E-state index in [1.807, 2.05) is 13.0 Å². The zero-order valence-corrected chi connectivity index (χ0v) is 59.6. The highest BCUT2D eigenvalue weighted by molar-refractivity contribution is 5.98. The number of aliphatic hydroxyl groups is 3. The van der Waals surface area contributed by atoms with E-state index >= 15 is 4.39 Å². The number of esters is 1. The number of aromatic nitrogens is 5. The number of pyridine rings is 2. The molecule has 9 rings (SSSR count). The van der Waals surface area contributed by atoms with Gasteiger partial charge in [-0.1, -0.05) is 38.0 Å². The smallest absolute Gasteiger partial charge is 0.407 e. The van der Waals surface area contributed by atoms with E-state index in [0.717, 1.165) is 5.56 Å². The second-order valence-electron chi connectivity index (χ2n) is 26.2. The zero-order valence-electron chi connectivity index (χ0n) is 59.6. The highest BCUT2D eigenvalue weighted by atomic mass is 19.1. The van der Waals surface area contributed by atoms with E-state index in [4.69, 9.17) is 63.5 Å². The molecule has 31 nitrogen and oxygen atoms in total. The summed E-state index contributed by atoms with van der Waals surface area (Å²) in [6, 6.07) is 5.37. The third kappa shape index (κ3) is 21.0. The molecule has 1 aliphatic carbocycles. The van der Waals surface area contributed by atoms with Gasteiger partial charge in [-0.25, -0.2) is 18.9 Å². The quantitative estimate of drug-likeness (QED) is 0.0155. The standard InChI is InChI=1S/C72H95FN10O21/c1-8-17-94-21-25-98-27-29-100-30-28-99-26-23-96-19-15-60(86)79-63(42(3)4)67(89)75-44(6)66(88)76-47-11-10-45(46(31-47)38-101-40-48-36-82(81-80-48)16-20-97-24-22-95-18-14-59(85)74-35-49-32-58(84)65(87)69(91)104-49)39-103-71(93)78-55-13-12-50-43(5)54(73)34-56-61(50)62(55)51-37-83-57(64(51)77-56)33-53-52(68(83)90)41-102-70(92)72(53,7)9-2/h1,10-11,31,33-34,36,42,44,49,55,58,63,65,69,84,87,91H,9,12-30,32,35,37-41H2,2-7H3,(H,74,85)(H,75,89)(H,76,88)(H,78,93)(H,79,86)/t44-,49?,55-,58-,63-,65?,69-,72+/m0/s1. The van der Waals surface area contributed by atoms with Gasteiger partial charge in [0.05, 0.1) is 165 Å². The van der Waals surface area contributed by atoms with Gasteiger partial charge in [-0.2, -0.15) is 0 Å². The number of carbonyl (C=O) groups is 6. The predicted octanol–water partition coefficient (Wildman–Crippen LogP) is 2.88. The number of halogens is 1. The fraction of sp³-hybridized carbons (Fsp3) is 0.583. The number of anilines is 1. The Labute approximate surface area is 601 Å². The molecule has 0 radical (unpaired) electrons. The predicted molar refractivity (Wildman–Crippen MR) is 369 cm³/mol. The first-order valence-corrected chi connectivity index (χ1v) is 35.0. The molecule has 2 aromatic carbocycles. The zero-order chi connectivity index (χ0) is 74.5. The van der Waals surface area contributed by atoms with Crippen LogP contribution >= 0.6 is 0 Å². The second kappa shape index (κ2) is 38.5. The van der Waals surface area contributed by atoms with Crippen molar-refractivity contribution in [2.24, 2.45) is 5.92 Å². The van der Waals surface area contributed by atoms with Crippen LogP contribution < -0.4 is 32.1 Å². The van der Waals surface area contributed by atoms with E-state index in [9.17, 15) is 48.9 Å². The second-order valence-corrected chi connectivity index (χ2v) is 26.2. The van der Waals surface area contributed by atoms with Gasteiger partial charge in [0, 0.05) is 48.5 Å². The molecule has 566 valence electrons. The molecule has 4 aliphatic rings. The van der Waals surface area contributed by atoms with E-state index < -0.39 is 83.7 Å². The first kappa shape index (κ1) is 79.7. The van der Waals surface area contributed by atoms with Gasteiger partial charge in [0.15, 0.2) is 6.29 Å². The number of benzene rings is 2. The fourth-order valence-electron chi connectivity index (χ4n) is 12.5. The van der Waals surface area contributed by atoms with E-state index in [-0.39, 0.29) is 129 Å². The Bertz CT molecular complexity index is 3910. The highest BCUT2D eigenvalue weighted by Gasteiger charge is 2.44. The maximum Gasteiger partial charge on any atom is 0.407 e. The lowest BCUT2D eigenvalue weighted by molar-refractivity contribution is -0.245. The first-order chi connectivity index (χ1) is 50.1. The van der Waals surface area contributed by atoms with Crippen LogP contribution in [0.15, 0.2) is 41.3 Å². The largest absolute Gasteiger partial charge is 0.460 e. The maximum absolute atomic E-state index is 15.7. The van der Waals surface area contributed by atoms with Crippen molar-refractivity contribution < 1.29 is 101 Å². The van der Waals surface area contributed by atoms with Crippen LogP contribution in [0, 0.1) is 31.0 Å². The molecule has 1 fully saturated rings. The minimum Gasteiger partial charge on any atom is -0.460 e. The number of terminal acetylenes is 1. The lowest BCUT2D eigenvalue weighted by Gasteiger charge is -2.34. The molecule has 32 heteroatoms. The maximum atomic E-state index is 15.7. The van der Waals surface area contributed by atoms with Crippen LogP contribution in [-0.2, 0) is 127 Å². The molecular formula is C72H95FN10O21. The summed E-state index contributed by atoms with van der Waals surface area (Å²) in [5.41, 5.74) is 5.15. The minimum atomic E-state index is -1.54. The van der Waals surface area contributed by atoms with Crippen molar-refractivity contribution >= 4 is 52.3 Å². The number of fused-ring (bicyclic) bond motifs is 5. The Kier molecular flexibility index (Phi) is 29.5. The molecule has 1 saturated heterocycles. The molecule has 0 bridgehead atoms. The van der Waals surface area contributed by atoms with Crippen LogP contribution in [0.2, 0.25) is 0 Å². The number of hydrogen-bond acceptors (Lipinski definition) is 24. The van der Waals surface area contributed by atoms with Crippen molar-refractivity contribution in [3.63, 3.8) is 0 Å². The van der Waals surface area contributed by atoms with E-state index in [0.29, 0.717) is 138 Å². The van der Waals surface area contributed by atoms with Crippen molar-refractivity contribution in [1.82, 2.24) is 45.8 Å². The summed E-state index contributed by atoms with van der Waals surface area (Å²) in [5, 5.41) is 52.4. The summed E-state index contributed by atoms with van der Waals surface area (Å²) in [4.78, 5) is 99.6. The Morgan fingerprint density at radius 2 is 1.47 bits per heavy atom. The molecule has 2 unspecified atom stereocenters. The number of aliphatic hydroxyl groups excluding tert-OH is 3. The van der Waals surface area contributed by atoms with Gasteiger partial charge in [0.25, 0.3) is 5.56 Å². The molecule has 8 N–H and O–H groups in total. The van der Waals surface area contributed by atoms with E-state index in [1.165, 1.54) is 13.0 Å². The molecular weight excluding hydrogens is 1360 g/mol. The van der Waals surface area contributed by atoms with Gasteiger partial charge in [-0.05, 0) is 97.5 Å². The molecule has 6 heterocycles. The third-order valence-corrected chi connectivity index (χ3v) is 18.6. The summed E-state index contributed by atoms with van der Waals surface area (Å²) >= 11 is 0. The molecule has 0 spiro atoms. The number of carbonyl (C=O) groups excluding carboxylic acids is 6. The number of hydrogen-bond donors (Lipinski definition) is 8. The normalized spacial score (nSPS) is 19.3. The highest BCUT2D eigenvalue weighted by Crippen LogP contribution is 2.46. The molecule has 0 saturated carbocycles. The van der Waals surface area contributed by atoms with Crippen LogP contribution in [0.3, 0.4) is 0 Å². The number of ether oxygens (including phenoxy) is 11. The Hall–Kier alpha value is -8.43. The summed E-state index contributed by atoms with van der Waals surface area (Å²) in [5.74, 6) is -0.756. The topological polar surface area (TPSA) is 390 Å². The summed E-state index contributed by atoms with van der Waals surface area (Å²) < 4.78 is 80.1. The van der Waals surface area contributed by atoms with Gasteiger partial charge in [-0.15, -0.1) is 11.5 Å². The number of nitrogens with one attached hydrogen (secondary N) is 5. The van der Waals surface area contributed by atoms with Crippen molar-refractivity contribution in [3.8, 4) is 23.7 Å². The van der Waals surface area contributed by atoms with Gasteiger partial charge in [-0.3, -0.25) is 28.8 Å². The van der Waals surface area contributed by atoms with Crippen molar-refractivity contribution in [3.05, 3.63) is 103 Å². The van der Waals surface area contributed by atoms with Gasteiger partial charge >= 0.3 is 12.1 Å². The molecule has 5 amide bonds. The summed E-state index contributed by atoms with van der Waals surface area (Å²) in [7, 11) is 0. The number of alkyl carbamates (subject to hydrolysis) is 1. The number of amides is 5. The SMILES string of the molecule is C#CCOCCOCCOCCOCCOCCC(=O)N[C@H](C(=O)N[C@@H](C)C(=O)Nc1ccc(COC(=O)N[C@H]2CCc3c(C)c(F)cc4nc5c(c2c34)Cn2c-5cc3c(c2=O)COC(=O)[C@]3(C)CC)c(COCc2cn(CCOCCOCCC(=O)NCC3C[C@H](O)C(O)[C@@H](O)O3)nn2)c1)C(C)C. The van der Waals surface area contributed by atoms with Crippen LogP contribution in [0.1, 0.15) is 123 Å². The number of aryl methyl sites for hydroxylation is 1. The van der Waals surface area contributed by atoms with Gasteiger partial charge in [0.1, 0.15) is 49.5 Å². The van der Waals surface area contributed by atoms with Crippen molar-refractivity contribution in [2.75, 3.05) is 104 Å². The Morgan fingerprint density at radius 1 is 0.798 bits per heavy atom. The number of cyclic esters (lactones) is 1. The average Bonchev–Trinajstić information content (AvgIpc) is 1.46. The van der Waals surface area contributed by atoms with E-state index in [1.54, 1.807) is 61.3 Å². The fourth-order valence-corrected chi connectivity index (χ4v) is 12.5. The van der Waals surface area contributed by atoms with Gasteiger partial charge in [0.2, 0.25) is 23.6 Å². The summed E-state index contributed by atoms with van der Waals surface area (Å²) in [6.07, 6.45) is 2.46. The van der Waals surface area contributed by atoms with Crippen molar-refractivity contribution in [1.29, 1.82) is 0 Å². The molecule has 3 aliphatic heterocycles. The van der Waals surface area contributed by atoms with Crippen LogP contribution in [0.25, 0.3) is 22.3 Å². The van der Waals surface area contributed by atoms with Crippen LogP contribution in [0.5, 0.6) is 0 Å². The Morgan fingerprint density at radius 3 is 2.14 bits per heavy atom.